The van der Waals surface area contributed by atoms with E-state index in [1.807, 2.05) is 0 Å². The summed E-state index contributed by atoms with van der Waals surface area (Å²) in [5.41, 5.74) is 0. The highest BCUT2D eigenvalue weighted by molar-refractivity contribution is 5.75. The van der Waals surface area contributed by atoms with Crippen LogP contribution in [0.25, 0.3) is 0 Å². The summed E-state index contributed by atoms with van der Waals surface area (Å²) in [5, 5.41) is 11.2. The summed E-state index contributed by atoms with van der Waals surface area (Å²) in [6.07, 6.45) is 4.56. The van der Waals surface area contributed by atoms with Gasteiger partial charge in [-0.15, -0.1) is 6.58 Å². The van der Waals surface area contributed by atoms with Crippen molar-refractivity contribution in [3.05, 3.63) is 12.7 Å². The maximum atomic E-state index is 11.0. The third-order valence-corrected chi connectivity index (χ3v) is 1.48. The maximum Gasteiger partial charge on any atom is 0.220 e. The van der Waals surface area contributed by atoms with Crippen LogP contribution in [0, 0.1) is 0 Å². The Hall–Kier alpha value is -0.830. The van der Waals surface area contributed by atoms with Crippen molar-refractivity contribution in [2.75, 3.05) is 13.2 Å². The molecule has 0 fully saturated rings. The summed E-state index contributed by atoms with van der Waals surface area (Å²) in [7, 11) is 0. The van der Waals surface area contributed by atoms with E-state index in [1.54, 1.807) is 6.08 Å². The van der Waals surface area contributed by atoms with Gasteiger partial charge in [0, 0.05) is 19.6 Å². The van der Waals surface area contributed by atoms with E-state index in [0.717, 1.165) is 12.8 Å². The van der Waals surface area contributed by atoms with Gasteiger partial charge in [-0.3, -0.25) is 4.79 Å². The molecule has 0 aromatic carbocycles. The molecule has 70 valence electrons. The molecule has 0 aromatic rings. The largest absolute Gasteiger partial charge is 0.396 e. The number of carbonyl (C=O) groups is 1. The fraction of sp³-hybridized carbons (Fsp3) is 0.667. The Balaban J connectivity index is 3.15. The molecule has 3 heteroatoms. The molecule has 2 N–H and O–H groups in total. The monoisotopic (exact) mass is 171 g/mol. The molecule has 0 saturated carbocycles. The lowest BCUT2D eigenvalue weighted by molar-refractivity contribution is -0.121. The van der Waals surface area contributed by atoms with Crippen LogP contribution < -0.4 is 5.32 Å². The molecular weight excluding hydrogens is 154 g/mol. The molecule has 0 aromatic heterocycles. The number of amides is 1. The van der Waals surface area contributed by atoms with E-state index in [2.05, 4.69) is 11.9 Å². The number of hydrogen-bond donors (Lipinski definition) is 2. The van der Waals surface area contributed by atoms with Gasteiger partial charge >= 0.3 is 0 Å². The number of aliphatic hydroxyl groups is 1. The van der Waals surface area contributed by atoms with Crippen molar-refractivity contribution < 1.29 is 9.90 Å². The average molecular weight is 171 g/mol. The second-order valence-electron chi connectivity index (χ2n) is 2.61. The number of nitrogens with one attached hydrogen (secondary N) is 1. The molecule has 1 amide bonds. The number of aliphatic hydroxyl groups excluding tert-OH is 1. The normalized spacial score (nSPS) is 9.42. The van der Waals surface area contributed by atoms with Crippen molar-refractivity contribution in [1.82, 2.24) is 5.32 Å². The van der Waals surface area contributed by atoms with Crippen LogP contribution in [-0.4, -0.2) is 24.2 Å². The fourth-order valence-corrected chi connectivity index (χ4v) is 0.799. The summed E-state index contributed by atoms with van der Waals surface area (Å²) in [4.78, 5) is 11.0. The molecule has 0 radical (unpaired) electrons. The zero-order chi connectivity index (χ0) is 9.23. The molecule has 0 unspecified atom stereocenters. The highest BCUT2D eigenvalue weighted by Crippen LogP contribution is 1.93. The average Bonchev–Trinajstić information content (AvgIpc) is 2.06. The van der Waals surface area contributed by atoms with E-state index in [0.29, 0.717) is 19.4 Å². The van der Waals surface area contributed by atoms with E-state index in [4.69, 9.17) is 5.11 Å². The second-order valence-corrected chi connectivity index (χ2v) is 2.61. The van der Waals surface area contributed by atoms with Gasteiger partial charge in [0.15, 0.2) is 0 Å². The Morgan fingerprint density at radius 1 is 1.50 bits per heavy atom. The van der Waals surface area contributed by atoms with Crippen LogP contribution >= 0.6 is 0 Å². The van der Waals surface area contributed by atoms with Crippen LogP contribution in [0.2, 0.25) is 0 Å². The zero-order valence-electron chi connectivity index (χ0n) is 7.38. The van der Waals surface area contributed by atoms with E-state index < -0.39 is 0 Å². The molecule has 0 rings (SSSR count). The van der Waals surface area contributed by atoms with Crippen molar-refractivity contribution in [3.63, 3.8) is 0 Å². The third kappa shape index (κ3) is 7.28. The predicted molar refractivity (Wildman–Crippen MR) is 48.8 cm³/mol. The number of carbonyl (C=O) groups excluding carboxylic acids is 1. The van der Waals surface area contributed by atoms with Crippen LogP contribution in [0.3, 0.4) is 0 Å². The number of unbranched alkanes of at least 4 members (excludes halogenated alkanes) is 1. The molecule has 0 heterocycles. The minimum absolute atomic E-state index is 0.0605. The molecule has 0 saturated heterocycles. The maximum absolute atomic E-state index is 11.0. The van der Waals surface area contributed by atoms with Crippen LogP contribution in [-0.2, 0) is 4.79 Å². The SMILES string of the molecule is C=CCCNC(=O)CCCCO. The molecule has 0 atom stereocenters. The molecule has 0 aliphatic heterocycles. The van der Waals surface area contributed by atoms with Crippen molar-refractivity contribution in [2.24, 2.45) is 0 Å². The Morgan fingerprint density at radius 3 is 2.83 bits per heavy atom. The third-order valence-electron chi connectivity index (χ3n) is 1.48. The van der Waals surface area contributed by atoms with Crippen LogP contribution in [0.4, 0.5) is 0 Å². The van der Waals surface area contributed by atoms with Gasteiger partial charge < -0.3 is 10.4 Å². The minimum Gasteiger partial charge on any atom is -0.396 e. The van der Waals surface area contributed by atoms with Gasteiger partial charge in [0.05, 0.1) is 0 Å². The lowest BCUT2D eigenvalue weighted by Crippen LogP contribution is -2.23. The number of rotatable bonds is 7. The smallest absolute Gasteiger partial charge is 0.220 e. The first kappa shape index (κ1) is 11.2. The van der Waals surface area contributed by atoms with Gasteiger partial charge in [-0.1, -0.05) is 6.08 Å². The lowest BCUT2D eigenvalue weighted by Gasteiger charge is -2.01. The van der Waals surface area contributed by atoms with E-state index in [-0.39, 0.29) is 12.5 Å². The van der Waals surface area contributed by atoms with Gasteiger partial charge in [0.25, 0.3) is 0 Å². The first-order valence-electron chi connectivity index (χ1n) is 4.29. The Labute approximate surface area is 73.5 Å². The van der Waals surface area contributed by atoms with E-state index in [1.165, 1.54) is 0 Å². The van der Waals surface area contributed by atoms with E-state index >= 15 is 0 Å². The van der Waals surface area contributed by atoms with Crippen LogP contribution in [0.1, 0.15) is 25.7 Å². The zero-order valence-corrected chi connectivity index (χ0v) is 7.38. The van der Waals surface area contributed by atoms with E-state index in [9.17, 15) is 4.79 Å². The molecule has 0 spiro atoms. The van der Waals surface area contributed by atoms with Crippen LogP contribution in [0.15, 0.2) is 12.7 Å². The minimum atomic E-state index is 0.0605. The van der Waals surface area contributed by atoms with Crippen molar-refractivity contribution in [2.45, 2.75) is 25.7 Å². The Bertz CT molecular complexity index is 134. The lowest BCUT2D eigenvalue weighted by atomic mass is 10.2. The molecule has 3 nitrogen and oxygen atoms in total. The standard InChI is InChI=1S/C9H17NO2/c1-2-3-7-10-9(12)6-4-5-8-11/h2,11H,1,3-8H2,(H,10,12). The highest BCUT2D eigenvalue weighted by atomic mass is 16.2. The van der Waals surface area contributed by atoms with Crippen molar-refractivity contribution in [3.8, 4) is 0 Å². The summed E-state index contributed by atoms with van der Waals surface area (Å²) in [5.74, 6) is 0.0605. The summed E-state index contributed by atoms with van der Waals surface area (Å²) >= 11 is 0. The first-order valence-corrected chi connectivity index (χ1v) is 4.29. The summed E-state index contributed by atoms with van der Waals surface area (Å²) in [6.45, 7) is 4.38. The fourth-order valence-electron chi connectivity index (χ4n) is 0.799. The van der Waals surface area contributed by atoms with Gasteiger partial charge in [-0.2, -0.15) is 0 Å². The van der Waals surface area contributed by atoms with Crippen LogP contribution in [0.5, 0.6) is 0 Å². The van der Waals surface area contributed by atoms with Gasteiger partial charge in [0.2, 0.25) is 5.91 Å². The quantitative estimate of drug-likeness (QED) is 0.440. The second kappa shape index (κ2) is 8.27. The molecular formula is C9H17NO2. The van der Waals surface area contributed by atoms with Gasteiger partial charge in [0.1, 0.15) is 0 Å². The van der Waals surface area contributed by atoms with Gasteiger partial charge in [-0.25, -0.2) is 0 Å². The Morgan fingerprint density at radius 2 is 2.25 bits per heavy atom. The topological polar surface area (TPSA) is 49.3 Å². The summed E-state index contributed by atoms with van der Waals surface area (Å²) in [6, 6.07) is 0. The molecule has 0 aliphatic carbocycles. The molecule has 0 bridgehead atoms. The molecule has 0 aliphatic rings. The molecule has 12 heavy (non-hydrogen) atoms. The summed E-state index contributed by atoms with van der Waals surface area (Å²) < 4.78 is 0. The van der Waals surface area contributed by atoms with Crippen molar-refractivity contribution in [1.29, 1.82) is 0 Å². The predicted octanol–water partition coefficient (Wildman–Crippen LogP) is 0.841. The Kier molecular flexibility index (Phi) is 7.70. The number of hydrogen-bond acceptors (Lipinski definition) is 2. The van der Waals surface area contributed by atoms with Gasteiger partial charge in [-0.05, 0) is 19.3 Å². The first-order chi connectivity index (χ1) is 5.81. The van der Waals surface area contributed by atoms with Crippen molar-refractivity contribution >= 4 is 5.91 Å². The highest BCUT2D eigenvalue weighted by Gasteiger charge is 1.97.